The molecule has 1 aliphatic carbocycles. The fourth-order valence-electron chi connectivity index (χ4n) is 2.47. The number of esters is 1. The maximum atomic E-state index is 10.9. The van der Waals surface area contributed by atoms with E-state index in [1.165, 1.54) is 25.3 Å². The van der Waals surface area contributed by atoms with E-state index < -0.39 is 0 Å². The molecular weight excluding hydrogens is 216 g/mol. The van der Waals surface area contributed by atoms with Gasteiger partial charge in [-0.2, -0.15) is 0 Å². The maximum absolute atomic E-state index is 10.9. The Kier molecular flexibility index (Phi) is 2.39. The third-order valence-corrected chi connectivity index (χ3v) is 3.19. The Bertz CT molecular complexity index is 580. The second-order valence-electron chi connectivity index (χ2n) is 4.46. The van der Waals surface area contributed by atoms with Crippen molar-refractivity contribution in [1.29, 1.82) is 0 Å². The Balaban J connectivity index is 2.11. The number of benzene rings is 1. The van der Waals surface area contributed by atoms with Gasteiger partial charge >= 0.3 is 5.97 Å². The lowest BCUT2D eigenvalue weighted by atomic mass is 9.96. The second-order valence-corrected chi connectivity index (χ2v) is 4.46. The van der Waals surface area contributed by atoms with Crippen molar-refractivity contribution in [2.75, 3.05) is 0 Å². The van der Waals surface area contributed by atoms with E-state index in [1.807, 2.05) is 12.1 Å². The van der Waals surface area contributed by atoms with E-state index in [-0.39, 0.29) is 5.97 Å². The highest BCUT2D eigenvalue weighted by atomic mass is 16.5. The van der Waals surface area contributed by atoms with E-state index in [4.69, 9.17) is 9.15 Å². The normalized spacial score (nSPS) is 14.6. The summed E-state index contributed by atoms with van der Waals surface area (Å²) in [6.45, 7) is 1.41. The molecule has 3 nitrogen and oxygen atoms in total. The lowest BCUT2D eigenvalue weighted by molar-refractivity contribution is -0.131. The standard InChI is InChI=1S/C14H14O3/c1-9(15)16-10-6-7-14-12(8-10)11-4-2-3-5-13(11)17-14/h6-8H,2-5H2,1H3. The van der Waals surface area contributed by atoms with Crippen LogP contribution >= 0.6 is 0 Å². The van der Waals surface area contributed by atoms with Crippen LogP contribution in [0.25, 0.3) is 11.0 Å². The van der Waals surface area contributed by atoms with Gasteiger partial charge in [0.25, 0.3) is 0 Å². The summed E-state index contributed by atoms with van der Waals surface area (Å²) < 4.78 is 10.9. The van der Waals surface area contributed by atoms with Gasteiger partial charge < -0.3 is 9.15 Å². The topological polar surface area (TPSA) is 39.4 Å². The number of carbonyl (C=O) groups is 1. The highest BCUT2D eigenvalue weighted by Crippen LogP contribution is 2.33. The van der Waals surface area contributed by atoms with Crippen molar-refractivity contribution in [3.8, 4) is 5.75 Å². The van der Waals surface area contributed by atoms with Crippen LogP contribution in [-0.2, 0) is 17.6 Å². The Morgan fingerprint density at radius 3 is 2.94 bits per heavy atom. The van der Waals surface area contributed by atoms with Crippen molar-refractivity contribution in [3.05, 3.63) is 29.5 Å². The average molecular weight is 230 g/mol. The van der Waals surface area contributed by atoms with Gasteiger partial charge in [0.05, 0.1) is 0 Å². The van der Waals surface area contributed by atoms with Gasteiger partial charge in [-0.05, 0) is 37.5 Å². The molecular formula is C14H14O3. The first-order valence-electron chi connectivity index (χ1n) is 5.97. The Labute approximate surface area is 99.4 Å². The third-order valence-electron chi connectivity index (χ3n) is 3.19. The van der Waals surface area contributed by atoms with E-state index in [9.17, 15) is 4.79 Å². The molecule has 0 saturated carbocycles. The molecule has 1 aliphatic rings. The van der Waals surface area contributed by atoms with Gasteiger partial charge in [0.1, 0.15) is 17.1 Å². The predicted octanol–water partition coefficient (Wildman–Crippen LogP) is 3.24. The SMILES string of the molecule is CC(=O)Oc1ccc2oc3c(c2c1)CCCC3. The van der Waals surface area contributed by atoms with Crippen LogP contribution in [0.5, 0.6) is 5.75 Å². The molecule has 3 rings (SSSR count). The predicted molar refractivity (Wildman–Crippen MR) is 64.2 cm³/mol. The zero-order valence-corrected chi connectivity index (χ0v) is 9.79. The molecule has 0 radical (unpaired) electrons. The lowest BCUT2D eigenvalue weighted by Crippen LogP contribution is -2.01. The highest BCUT2D eigenvalue weighted by Gasteiger charge is 2.18. The summed E-state index contributed by atoms with van der Waals surface area (Å²) in [5.41, 5.74) is 2.19. The fraction of sp³-hybridized carbons (Fsp3) is 0.357. The van der Waals surface area contributed by atoms with Crippen LogP contribution in [0.2, 0.25) is 0 Å². The molecule has 3 heteroatoms. The molecule has 0 amide bonds. The van der Waals surface area contributed by atoms with Crippen molar-refractivity contribution in [3.63, 3.8) is 0 Å². The number of fused-ring (bicyclic) bond motifs is 3. The zero-order valence-electron chi connectivity index (χ0n) is 9.79. The number of carbonyl (C=O) groups excluding carboxylic acids is 1. The van der Waals surface area contributed by atoms with Crippen LogP contribution in [0.4, 0.5) is 0 Å². The van der Waals surface area contributed by atoms with Crippen molar-refractivity contribution in [2.24, 2.45) is 0 Å². The molecule has 0 unspecified atom stereocenters. The molecule has 88 valence electrons. The van der Waals surface area contributed by atoms with E-state index in [1.54, 1.807) is 6.07 Å². The minimum absolute atomic E-state index is 0.290. The molecule has 0 N–H and O–H groups in total. The van der Waals surface area contributed by atoms with E-state index in [0.29, 0.717) is 5.75 Å². The molecule has 1 aromatic heterocycles. The van der Waals surface area contributed by atoms with Crippen LogP contribution in [0.1, 0.15) is 31.1 Å². The number of hydrogen-bond acceptors (Lipinski definition) is 3. The van der Waals surface area contributed by atoms with E-state index >= 15 is 0 Å². The molecule has 0 saturated heterocycles. The van der Waals surface area contributed by atoms with Crippen molar-refractivity contribution >= 4 is 16.9 Å². The van der Waals surface area contributed by atoms with Gasteiger partial charge in [-0.3, -0.25) is 4.79 Å². The molecule has 0 spiro atoms. The van der Waals surface area contributed by atoms with Crippen molar-refractivity contribution < 1.29 is 13.9 Å². The monoisotopic (exact) mass is 230 g/mol. The Morgan fingerprint density at radius 2 is 2.12 bits per heavy atom. The van der Waals surface area contributed by atoms with Gasteiger partial charge in [-0.1, -0.05) is 0 Å². The second kappa shape index (κ2) is 3.91. The quantitative estimate of drug-likeness (QED) is 0.557. The number of aryl methyl sites for hydroxylation is 2. The van der Waals surface area contributed by atoms with Crippen LogP contribution in [0.15, 0.2) is 22.6 Å². The van der Waals surface area contributed by atoms with Gasteiger partial charge in [0, 0.05) is 24.3 Å². The van der Waals surface area contributed by atoms with Gasteiger partial charge in [-0.25, -0.2) is 0 Å². The maximum Gasteiger partial charge on any atom is 0.308 e. The van der Waals surface area contributed by atoms with Crippen LogP contribution < -0.4 is 4.74 Å². The van der Waals surface area contributed by atoms with E-state index in [0.717, 1.165) is 29.6 Å². The number of rotatable bonds is 1. The van der Waals surface area contributed by atoms with Crippen molar-refractivity contribution in [2.45, 2.75) is 32.6 Å². The number of furan rings is 1. The third kappa shape index (κ3) is 1.82. The molecule has 1 aromatic carbocycles. The smallest absolute Gasteiger partial charge is 0.308 e. The summed E-state index contributed by atoms with van der Waals surface area (Å²) in [6, 6.07) is 5.56. The summed E-state index contributed by atoms with van der Waals surface area (Å²) in [6.07, 6.45) is 4.49. The molecule has 17 heavy (non-hydrogen) atoms. The zero-order chi connectivity index (χ0) is 11.8. The molecule has 1 heterocycles. The summed E-state index contributed by atoms with van der Waals surface area (Å²) in [4.78, 5) is 10.9. The Hall–Kier alpha value is -1.77. The highest BCUT2D eigenvalue weighted by molar-refractivity contribution is 5.84. The molecule has 0 atom stereocenters. The fourth-order valence-corrected chi connectivity index (χ4v) is 2.47. The summed E-state index contributed by atoms with van der Waals surface area (Å²) in [5.74, 6) is 1.41. The summed E-state index contributed by atoms with van der Waals surface area (Å²) in [7, 11) is 0. The lowest BCUT2D eigenvalue weighted by Gasteiger charge is -2.08. The van der Waals surface area contributed by atoms with Gasteiger partial charge in [0.15, 0.2) is 0 Å². The van der Waals surface area contributed by atoms with Crippen LogP contribution in [-0.4, -0.2) is 5.97 Å². The summed E-state index contributed by atoms with van der Waals surface area (Å²) in [5, 5.41) is 1.10. The van der Waals surface area contributed by atoms with E-state index in [2.05, 4.69) is 0 Å². The van der Waals surface area contributed by atoms with Crippen LogP contribution in [0, 0.1) is 0 Å². The van der Waals surface area contributed by atoms with Crippen LogP contribution in [0.3, 0.4) is 0 Å². The first-order chi connectivity index (χ1) is 8.24. The molecule has 0 bridgehead atoms. The summed E-state index contributed by atoms with van der Waals surface area (Å²) >= 11 is 0. The number of hydrogen-bond donors (Lipinski definition) is 0. The molecule has 2 aromatic rings. The average Bonchev–Trinajstić information content (AvgIpc) is 2.66. The minimum atomic E-state index is -0.290. The largest absolute Gasteiger partial charge is 0.461 e. The molecule has 0 fully saturated rings. The molecule has 0 aliphatic heterocycles. The minimum Gasteiger partial charge on any atom is -0.461 e. The van der Waals surface area contributed by atoms with Crippen molar-refractivity contribution in [1.82, 2.24) is 0 Å². The first-order valence-corrected chi connectivity index (χ1v) is 5.97. The first kappa shape index (κ1) is 10.4. The number of ether oxygens (including phenoxy) is 1. The Morgan fingerprint density at radius 1 is 1.29 bits per heavy atom. The van der Waals surface area contributed by atoms with Gasteiger partial charge in [0.2, 0.25) is 0 Å². The van der Waals surface area contributed by atoms with Gasteiger partial charge in [-0.15, -0.1) is 0 Å².